The highest BCUT2D eigenvalue weighted by molar-refractivity contribution is 6.34. The predicted molar refractivity (Wildman–Crippen MR) is 87.0 cm³/mol. The van der Waals surface area contributed by atoms with Crippen LogP contribution in [0.5, 0.6) is 0 Å². The summed E-state index contributed by atoms with van der Waals surface area (Å²) in [5, 5.41) is 0.516. The fourth-order valence-electron chi connectivity index (χ4n) is 2.84. The van der Waals surface area contributed by atoms with E-state index in [0.717, 1.165) is 25.2 Å². The van der Waals surface area contributed by atoms with Gasteiger partial charge in [-0.1, -0.05) is 25.4 Å². The number of rotatable bonds is 4. The topological polar surface area (TPSA) is 55.6 Å². The SMILES string of the molecule is CCOC(=O)c1cc(N)cc(Cl)c1N1CCC(C(C)C)C1. The number of nitrogens with two attached hydrogens (primary N) is 1. The zero-order valence-corrected chi connectivity index (χ0v) is 13.6. The normalized spacial score (nSPS) is 18.3. The van der Waals surface area contributed by atoms with E-state index >= 15 is 0 Å². The van der Waals surface area contributed by atoms with Crippen LogP contribution in [-0.4, -0.2) is 25.7 Å². The largest absolute Gasteiger partial charge is 0.462 e. The number of carbonyl (C=O) groups excluding carboxylic acids is 1. The van der Waals surface area contributed by atoms with Crippen LogP contribution in [0.25, 0.3) is 0 Å². The van der Waals surface area contributed by atoms with Crippen molar-refractivity contribution in [3.8, 4) is 0 Å². The number of ether oxygens (including phenoxy) is 1. The third kappa shape index (κ3) is 3.43. The van der Waals surface area contributed by atoms with Gasteiger partial charge in [0, 0.05) is 18.8 Å². The van der Waals surface area contributed by atoms with Gasteiger partial charge in [-0.05, 0) is 37.3 Å². The van der Waals surface area contributed by atoms with E-state index in [1.807, 2.05) is 0 Å². The van der Waals surface area contributed by atoms with Crippen LogP contribution in [0.2, 0.25) is 5.02 Å². The summed E-state index contributed by atoms with van der Waals surface area (Å²) in [4.78, 5) is 14.4. The molecule has 1 unspecified atom stereocenters. The van der Waals surface area contributed by atoms with Gasteiger partial charge >= 0.3 is 5.97 Å². The summed E-state index contributed by atoms with van der Waals surface area (Å²) in [6, 6.07) is 3.35. The van der Waals surface area contributed by atoms with Crippen LogP contribution in [0.4, 0.5) is 11.4 Å². The molecule has 0 radical (unpaired) electrons. The van der Waals surface area contributed by atoms with Gasteiger partial charge in [0.1, 0.15) is 0 Å². The zero-order valence-electron chi connectivity index (χ0n) is 12.9. The molecule has 1 saturated heterocycles. The smallest absolute Gasteiger partial charge is 0.340 e. The van der Waals surface area contributed by atoms with Gasteiger partial charge in [-0.25, -0.2) is 4.79 Å². The van der Waals surface area contributed by atoms with E-state index in [0.29, 0.717) is 34.7 Å². The van der Waals surface area contributed by atoms with Crippen molar-refractivity contribution in [2.24, 2.45) is 11.8 Å². The van der Waals surface area contributed by atoms with Gasteiger partial charge in [0.05, 0.1) is 22.9 Å². The van der Waals surface area contributed by atoms with Gasteiger partial charge in [-0.15, -0.1) is 0 Å². The van der Waals surface area contributed by atoms with E-state index < -0.39 is 0 Å². The Hall–Kier alpha value is -1.42. The summed E-state index contributed by atoms with van der Waals surface area (Å²) >= 11 is 6.36. The number of nitrogen functional groups attached to an aromatic ring is 1. The molecule has 2 N–H and O–H groups in total. The number of hydrogen-bond donors (Lipinski definition) is 1. The molecule has 1 aromatic rings. The van der Waals surface area contributed by atoms with Gasteiger partial charge in [0.15, 0.2) is 0 Å². The Morgan fingerprint density at radius 1 is 1.52 bits per heavy atom. The number of carbonyl (C=O) groups is 1. The van der Waals surface area contributed by atoms with E-state index in [9.17, 15) is 4.79 Å². The Bertz CT molecular complexity index is 531. The molecular weight excluding hydrogens is 288 g/mol. The van der Waals surface area contributed by atoms with Crippen molar-refractivity contribution >= 4 is 28.9 Å². The molecule has 0 spiro atoms. The van der Waals surface area contributed by atoms with Gasteiger partial charge in [0.2, 0.25) is 0 Å². The van der Waals surface area contributed by atoms with Crippen LogP contribution in [-0.2, 0) is 4.74 Å². The number of anilines is 2. The molecule has 0 aliphatic carbocycles. The van der Waals surface area contributed by atoms with Crippen LogP contribution in [0.15, 0.2) is 12.1 Å². The minimum absolute atomic E-state index is 0.333. The van der Waals surface area contributed by atoms with E-state index in [4.69, 9.17) is 22.1 Å². The second-order valence-electron chi connectivity index (χ2n) is 5.86. The van der Waals surface area contributed by atoms with Crippen LogP contribution in [0.1, 0.15) is 37.6 Å². The Kier molecular flexibility index (Phi) is 4.99. The Morgan fingerprint density at radius 2 is 2.24 bits per heavy atom. The third-order valence-electron chi connectivity index (χ3n) is 4.06. The molecule has 0 aromatic heterocycles. The molecule has 0 bridgehead atoms. The summed E-state index contributed by atoms with van der Waals surface area (Å²) < 4.78 is 5.13. The summed E-state index contributed by atoms with van der Waals surface area (Å²) in [6.45, 7) is 8.39. The molecule has 1 aliphatic rings. The van der Waals surface area contributed by atoms with Crippen LogP contribution in [0.3, 0.4) is 0 Å². The molecule has 116 valence electrons. The maximum atomic E-state index is 12.2. The quantitative estimate of drug-likeness (QED) is 0.682. The number of esters is 1. The van der Waals surface area contributed by atoms with Gasteiger partial charge in [-0.3, -0.25) is 0 Å². The molecule has 1 aromatic carbocycles. The fraction of sp³-hybridized carbons (Fsp3) is 0.562. The summed E-state index contributed by atoms with van der Waals surface area (Å²) in [6.07, 6.45) is 1.11. The molecule has 2 rings (SSSR count). The first-order valence-electron chi connectivity index (χ1n) is 7.45. The van der Waals surface area contributed by atoms with Crippen LogP contribution < -0.4 is 10.6 Å². The molecule has 1 aliphatic heterocycles. The van der Waals surface area contributed by atoms with E-state index in [1.54, 1.807) is 19.1 Å². The van der Waals surface area contributed by atoms with E-state index in [-0.39, 0.29) is 5.97 Å². The summed E-state index contributed by atoms with van der Waals surface area (Å²) in [7, 11) is 0. The summed E-state index contributed by atoms with van der Waals surface area (Å²) in [5.41, 5.74) is 7.52. The lowest BCUT2D eigenvalue weighted by molar-refractivity contribution is 0.0527. The predicted octanol–water partition coefficient (Wildman–Crippen LogP) is 3.58. The van der Waals surface area contributed by atoms with E-state index in [1.165, 1.54) is 0 Å². The lowest BCUT2D eigenvalue weighted by Crippen LogP contribution is -2.24. The van der Waals surface area contributed by atoms with Crippen molar-refractivity contribution in [3.63, 3.8) is 0 Å². The maximum Gasteiger partial charge on any atom is 0.340 e. The minimum Gasteiger partial charge on any atom is -0.462 e. The summed E-state index contributed by atoms with van der Waals surface area (Å²) in [5.74, 6) is 0.872. The van der Waals surface area contributed by atoms with Crippen LogP contribution in [0, 0.1) is 11.8 Å². The molecule has 5 heteroatoms. The highest BCUT2D eigenvalue weighted by Crippen LogP contribution is 2.37. The van der Waals surface area contributed by atoms with Gasteiger partial charge in [0.25, 0.3) is 0 Å². The molecule has 4 nitrogen and oxygen atoms in total. The van der Waals surface area contributed by atoms with Crippen molar-refractivity contribution in [1.82, 2.24) is 0 Å². The number of hydrogen-bond acceptors (Lipinski definition) is 4. The Balaban J connectivity index is 2.36. The lowest BCUT2D eigenvalue weighted by atomic mass is 9.95. The average molecular weight is 311 g/mol. The molecule has 1 fully saturated rings. The molecule has 1 heterocycles. The fourth-order valence-corrected chi connectivity index (χ4v) is 3.19. The molecule has 21 heavy (non-hydrogen) atoms. The maximum absolute atomic E-state index is 12.2. The molecular formula is C16H23ClN2O2. The Labute approximate surface area is 131 Å². The van der Waals surface area contributed by atoms with Crippen molar-refractivity contribution in [3.05, 3.63) is 22.7 Å². The standard InChI is InChI=1S/C16H23ClN2O2/c1-4-21-16(20)13-7-12(18)8-14(17)15(13)19-6-5-11(9-19)10(2)3/h7-8,10-11H,4-6,9,18H2,1-3H3. The van der Waals surface area contributed by atoms with Crippen molar-refractivity contribution in [2.75, 3.05) is 30.3 Å². The van der Waals surface area contributed by atoms with Gasteiger partial charge < -0.3 is 15.4 Å². The van der Waals surface area contributed by atoms with Crippen molar-refractivity contribution in [1.29, 1.82) is 0 Å². The number of benzene rings is 1. The van der Waals surface area contributed by atoms with Crippen molar-refractivity contribution < 1.29 is 9.53 Å². The molecule has 0 saturated carbocycles. The number of halogens is 1. The van der Waals surface area contributed by atoms with Crippen LogP contribution >= 0.6 is 11.6 Å². The lowest BCUT2D eigenvalue weighted by Gasteiger charge is -2.24. The Morgan fingerprint density at radius 3 is 2.81 bits per heavy atom. The second kappa shape index (κ2) is 6.56. The highest BCUT2D eigenvalue weighted by Gasteiger charge is 2.29. The first-order valence-corrected chi connectivity index (χ1v) is 7.82. The minimum atomic E-state index is -0.366. The monoisotopic (exact) mass is 310 g/mol. The first-order chi connectivity index (χ1) is 9.93. The zero-order chi connectivity index (χ0) is 15.6. The molecule has 0 amide bonds. The number of nitrogens with zero attached hydrogens (tertiary/aromatic N) is 1. The third-order valence-corrected chi connectivity index (χ3v) is 4.35. The second-order valence-corrected chi connectivity index (χ2v) is 6.27. The van der Waals surface area contributed by atoms with E-state index in [2.05, 4.69) is 18.7 Å². The van der Waals surface area contributed by atoms with Gasteiger partial charge in [-0.2, -0.15) is 0 Å². The highest BCUT2D eigenvalue weighted by atomic mass is 35.5. The van der Waals surface area contributed by atoms with Crippen molar-refractivity contribution in [2.45, 2.75) is 27.2 Å². The first kappa shape index (κ1) is 16.0. The average Bonchev–Trinajstić information content (AvgIpc) is 2.87. The molecule has 1 atom stereocenters.